The summed E-state index contributed by atoms with van der Waals surface area (Å²) in [6, 6.07) is 4.45. The van der Waals surface area contributed by atoms with E-state index in [0.29, 0.717) is 24.7 Å². The third-order valence-corrected chi connectivity index (χ3v) is 5.03. The number of nitrogens with two attached hydrogens (primary N) is 1. The molecule has 2 aliphatic rings. The van der Waals surface area contributed by atoms with Crippen LogP contribution in [0.2, 0.25) is 0 Å². The summed E-state index contributed by atoms with van der Waals surface area (Å²) in [5.74, 6) is 1.27. The van der Waals surface area contributed by atoms with Gasteiger partial charge in [0, 0.05) is 18.3 Å². The van der Waals surface area contributed by atoms with E-state index in [2.05, 4.69) is 15.3 Å². The number of nitrogens with one attached hydrogen (secondary N) is 1. The highest BCUT2D eigenvalue weighted by Crippen LogP contribution is 2.23. The lowest BCUT2D eigenvalue weighted by Gasteiger charge is -2.16. The first kappa shape index (κ1) is 20.3. The summed E-state index contributed by atoms with van der Waals surface area (Å²) in [5, 5.41) is 3.37. The highest BCUT2D eigenvalue weighted by Gasteiger charge is 2.16. The van der Waals surface area contributed by atoms with Crippen molar-refractivity contribution in [3.8, 4) is 5.88 Å². The van der Waals surface area contributed by atoms with Crippen molar-refractivity contribution in [2.75, 3.05) is 0 Å². The molecule has 0 aromatic carbocycles. The van der Waals surface area contributed by atoms with E-state index >= 15 is 0 Å². The second-order valence-electron chi connectivity index (χ2n) is 7.06. The number of hydrogen-bond donors (Lipinski definition) is 2. The third kappa shape index (κ3) is 6.99. The van der Waals surface area contributed by atoms with Crippen molar-refractivity contribution in [1.29, 1.82) is 0 Å². The summed E-state index contributed by atoms with van der Waals surface area (Å²) in [6.45, 7) is 0.558. The second-order valence-corrected chi connectivity index (χ2v) is 7.06. The SMILES string of the molecule is I.NC(=NCc1ccc(OC2CCCC2)nc1)NC1CCCCCC1. The molecule has 2 fully saturated rings. The van der Waals surface area contributed by atoms with Crippen molar-refractivity contribution in [2.45, 2.75) is 82.9 Å². The van der Waals surface area contributed by atoms with E-state index in [1.165, 1.54) is 51.4 Å². The average Bonchev–Trinajstić information content (AvgIpc) is 2.97. The van der Waals surface area contributed by atoms with Gasteiger partial charge in [-0.05, 0) is 44.1 Å². The van der Waals surface area contributed by atoms with Crippen LogP contribution < -0.4 is 15.8 Å². The normalized spacial score (nSPS) is 19.9. The van der Waals surface area contributed by atoms with Gasteiger partial charge in [0.05, 0.1) is 6.54 Å². The van der Waals surface area contributed by atoms with Crippen LogP contribution in [0.1, 0.15) is 69.8 Å². The van der Waals surface area contributed by atoms with Gasteiger partial charge >= 0.3 is 0 Å². The molecule has 6 heteroatoms. The number of hydrogen-bond acceptors (Lipinski definition) is 3. The number of ether oxygens (including phenoxy) is 1. The summed E-state index contributed by atoms with van der Waals surface area (Å²) in [4.78, 5) is 8.85. The molecule has 1 heterocycles. The minimum Gasteiger partial charge on any atom is -0.474 e. The quantitative estimate of drug-likeness (QED) is 0.301. The van der Waals surface area contributed by atoms with Crippen LogP contribution in [0.25, 0.3) is 0 Å². The molecular weight excluding hydrogens is 427 g/mol. The molecule has 0 aliphatic heterocycles. The van der Waals surface area contributed by atoms with Crippen LogP contribution >= 0.6 is 24.0 Å². The molecule has 0 amide bonds. The van der Waals surface area contributed by atoms with Crippen molar-refractivity contribution >= 4 is 29.9 Å². The molecule has 0 unspecified atom stereocenters. The van der Waals surface area contributed by atoms with Crippen LogP contribution in [-0.2, 0) is 6.54 Å². The van der Waals surface area contributed by atoms with Gasteiger partial charge in [-0.15, -0.1) is 24.0 Å². The van der Waals surface area contributed by atoms with Crippen LogP contribution in [0.3, 0.4) is 0 Å². The Balaban J connectivity index is 0.00000225. The van der Waals surface area contributed by atoms with Gasteiger partial charge < -0.3 is 15.8 Å². The summed E-state index contributed by atoms with van der Waals surface area (Å²) in [7, 11) is 0. The molecule has 0 spiro atoms. The van der Waals surface area contributed by atoms with E-state index in [0.717, 1.165) is 24.3 Å². The highest BCUT2D eigenvalue weighted by molar-refractivity contribution is 14.0. The predicted molar refractivity (Wildman–Crippen MR) is 112 cm³/mol. The van der Waals surface area contributed by atoms with Crippen LogP contribution in [0, 0.1) is 0 Å². The van der Waals surface area contributed by atoms with Gasteiger partial charge in [-0.1, -0.05) is 31.7 Å². The Morgan fingerprint density at radius 3 is 2.40 bits per heavy atom. The highest BCUT2D eigenvalue weighted by atomic mass is 127. The van der Waals surface area contributed by atoms with E-state index in [1.807, 2.05) is 18.3 Å². The standard InChI is InChI=1S/C19H30N4O.HI/c20-19(23-16-7-3-1-2-4-8-16)22-14-15-11-12-18(21-13-15)24-17-9-5-6-10-17;/h11-13,16-17H,1-10,14H2,(H3,20,22,23);1H. The van der Waals surface area contributed by atoms with Crippen molar-refractivity contribution in [2.24, 2.45) is 10.7 Å². The van der Waals surface area contributed by atoms with Gasteiger partial charge in [0.1, 0.15) is 6.10 Å². The Hall–Kier alpha value is -1.05. The average molecular weight is 458 g/mol. The molecule has 3 N–H and O–H groups in total. The maximum atomic E-state index is 6.04. The van der Waals surface area contributed by atoms with Crippen molar-refractivity contribution < 1.29 is 4.74 Å². The molecule has 3 rings (SSSR count). The topological polar surface area (TPSA) is 72.5 Å². The third-order valence-electron chi connectivity index (χ3n) is 5.03. The molecule has 0 radical (unpaired) electrons. The zero-order chi connectivity index (χ0) is 16.6. The Bertz CT molecular complexity index is 521. The number of guanidine groups is 1. The van der Waals surface area contributed by atoms with E-state index < -0.39 is 0 Å². The fourth-order valence-corrected chi connectivity index (χ4v) is 3.61. The Morgan fingerprint density at radius 2 is 1.76 bits per heavy atom. The first-order valence-electron chi connectivity index (χ1n) is 9.47. The minimum absolute atomic E-state index is 0. The number of pyridine rings is 1. The largest absolute Gasteiger partial charge is 0.474 e. The van der Waals surface area contributed by atoms with Crippen LogP contribution in [0.15, 0.2) is 23.3 Å². The first-order valence-corrected chi connectivity index (χ1v) is 9.47. The molecular formula is C19H31IN4O. The van der Waals surface area contributed by atoms with E-state index in [1.54, 1.807) is 0 Å². The van der Waals surface area contributed by atoms with E-state index in [9.17, 15) is 0 Å². The number of halogens is 1. The van der Waals surface area contributed by atoms with Crippen LogP contribution in [-0.4, -0.2) is 23.1 Å². The van der Waals surface area contributed by atoms with Crippen molar-refractivity contribution in [3.63, 3.8) is 0 Å². The number of rotatable bonds is 5. The van der Waals surface area contributed by atoms with Crippen molar-refractivity contribution in [1.82, 2.24) is 10.3 Å². The lowest BCUT2D eigenvalue weighted by Crippen LogP contribution is -2.39. The lowest BCUT2D eigenvalue weighted by atomic mass is 10.1. The molecule has 1 aromatic heterocycles. The number of nitrogens with zero attached hydrogens (tertiary/aromatic N) is 2. The number of aromatic nitrogens is 1. The Kier molecular flexibility index (Phi) is 8.78. The summed E-state index contributed by atoms with van der Waals surface area (Å²) in [5.41, 5.74) is 7.09. The molecule has 5 nitrogen and oxygen atoms in total. The van der Waals surface area contributed by atoms with Crippen molar-refractivity contribution in [3.05, 3.63) is 23.9 Å². The van der Waals surface area contributed by atoms with Gasteiger partial charge in [0.25, 0.3) is 0 Å². The summed E-state index contributed by atoms with van der Waals surface area (Å²) < 4.78 is 5.88. The first-order chi connectivity index (χ1) is 11.8. The van der Waals surface area contributed by atoms with Crippen LogP contribution in [0.5, 0.6) is 5.88 Å². The minimum atomic E-state index is 0. The summed E-state index contributed by atoms with van der Waals surface area (Å²) in [6.07, 6.45) is 14.7. The lowest BCUT2D eigenvalue weighted by molar-refractivity contribution is 0.201. The molecule has 0 saturated heterocycles. The predicted octanol–water partition coefficient (Wildman–Crippen LogP) is 4.15. The molecule has 140 valence electrons. The molecule has 1 aromatic rings. The molecule has 25 heavy (non-hydrogen) atoms. The smallest absolute Gasteiger partial charge is 0.213 e. The zero-order valence-electron chi connectivity index (χ0n) is 15.0. The molecule has 2 aliphatic carbocycles. The fraction of sp³-hybridized carbons (Fsp3) is 0.684. The zero-order valence-corrected chi connectivity index (χ0v) is 17.3. The maximum absolute atomic E-state index is 6.04. The Morgan fingerprint density at radius 1 is 1.08 bits per heavy atom. The maximum Gasteiger partial charge on any atom is 0.213 e. The van der Waals surface area contributed by atoms with E-state index in [-0.39, 0.29) is 24.0 Å². The van der Waals surface area contributed by atoms with E-state index in [4.69, 9.17) is 10.5 Å². The monoisotopic (exact) mass is 458 g/mol. The van der Waals surface area contributed by atoms with Gasteiger partial charge in [-0.25, -0.2) is 9.98 Å². The van der Waals surface area contributed by atoms with Gasteiger partial charge in [-0.2, -0.15) is 0 Å². The van der Waals surface area contributed by atoms with Gasteiger partial charge in [-0.3, -0.25) is 0 Å². The molecule has 0 bridgehead atoms. The molecule has 2 saturated carbocycles. The van der Waals surface area contributed by atoms with Gasteiger partial charge in [0.15, 0.2) is 5.96 Å². The second kappa shape index (κ2) is 10.8. The number of aliphatic imine (C=N–C) groups is 1. The van der Waals surface area contributed by atoms with Gasteiger partial charge in [0.2, 0.25) is 5.88 Å². The fourth-order valence-electron chi connectivity index (χ4n) is 3.61. The summed E-state index contributed by atoms with van der Waals surface area (Å²) >= 11 is 0. The van der Waals surface area contributed by atoms with Crippen LogP contribution in [0.4, 0.5) is 0 Å². The Labute approximate surface area is 168 Å². The molecule has 0 atom stereocenters.